The second-order valence-electron chi connectivity index (χ2n) is 5.31. The van der Waals surface area contributed by atoms with Crippen molar-refractivity contribution in [1.29, 1.82) is 0 Å². The Morgan fingerprint density at radius 3 is 2.68 bits per heavy atom. The van der Waals surface area contributed by atoms with Crippen molar-refractivity contribution in [2.45, 2.75) is 13.8 Å². The summed E-state index contributed by atoms with van der Waals surface area (Å²) in [6, 6.07) is 5.39. The van der Waals surface area contributed by atoms with Gasteiger partial charge in [-0.15, -0.1) is 0 Å². The van der Waals surface area contributed by atoms with Crippen LogP contribution in [0.2, 0.25) is 0 Å². The van der Waals surface area contributed by atoms with E-state index in [2.05, 4.69) is 15.6 Å². The van der Waals surface area contributed by atoms with E-state index in [1.807, 2.05) is 27.0 Å². The second-order valence-corrected chi connectivity index (χ2v) is 5.31. The molecule has 134 valence electrons. The average molecular weight is 346 g/mol. The molecule has 0 aliphatic heterocycles. The van der Waals surface area contributed by atoms with Crippen molar-refractivity contribution in [2.24, 2.45) is 12.2 Å². The molecule has 0 aliphatic carbocycles. The van der Waals surface area contributed by atoms with Gasteiger partial charge in [-0.3, -0.25) is 9.48 Å². The van der Waals surface area contributed by atoms with Crippen LogP contribution in [0.3, 0.4) is 0 Å². The number of rotatable bonds is 7. The summed E-state index contributed by atoms with van der Waals surface area (Å²) < 4.78 is 12.2. The Hall–Kier alpha value is -3.03. The van der Waals surface area contributed by atoms with Crippen LogP contribution >= 0.6 is 0 Å². The summed E-state index contributed by atoms with van der Waals surface area (Å²) in [7, 11) is 4.92. The number of anilines is 1. The minimum atomic E-state index is -0.311. The zero-order valence-corrected chi connectivity index (χ0v) is 15.0. The van der Waals surface area contributed by atoms with Crippen molar-refractivity contribution in [1.82, 2.24) is 9.78 Å². The molecule has 25 heavy (non-hydrogen) atoms. The van der Waals surface area contributed by atoms with Crippen LogP contribution in [0.4, 0.5) is 5.69 Å². The van der Waals surface area contributed by atoms with Crippen LogP contribution in [-0.4, -0.2) is 42.7 Å². The van der Waals surface area contributed by atoms with E-state index in [4.69, 9.17) is 14.3 Å². The van der Waals surface area contributed by atoms with Gasteiger partial charge in [-0.2, -0.15) is 5.10 Å². The molecule has 2 aromatic rings. The number of hydrogen-bond donors (Lipinski definition) is 1. The Morgan fingerprint density at radius 2 is 2.08 bits per heavy atom. The lowest BCUT2D eigenvalue weighted by Crippen LogP contribution is -2.18. The molecule has 1 amide bonds. The van der Waals surface area contributed by atoms with E-state index in [-0.39, 0.29) is 12.5 Å². The number of nitrogens with zero attached hydrogens (tertiary/aromatic N) is 3. The molecule has 0 radical (unpaired) electrons. The summed E-state index contributed by atoms with van der Waals surface area (Å²) in [5, 5.41) is 10.8. The maximum absolute atomic E-state index is 12.0. The van der Waals surface area contributed by atoms with Crippen molar-refractivity contribution in [3.8, 4) is 11.5 Å². The number of carbonyl (C=O) groups excluding carboxylic acids is 1. The van der Waals surface area contributed by atoms with Gasteiger partial charge in [0.2, 0.25) is 0 Å². The fourth-order valence-electron chi connectivity index (χ4n) is 2.33. The largest absolute Gasteiger partial charge is 0.493 e. The highest BCUT2D eigenvalue weighted by atomic mass is 16.6. The molecule has 0 aliphatic rings. The summed E-state index contributed by atoms with van der Waals surface area (Å²) in [6.07, 6.45) is 1.47. The number of methoxy groups -OCH3 is 2. The van der Waals surface area contributed by atoms with Gasteiger partial charge in [0.25, 0.3) is 5.91 Å². The standard InChI is InChI=1S/C17H22N4O4/c1-11-16(12(2)21(3)20-11)19-15(22)10-25-18-9-13-7-6-8-14(23-4)17(13)24-5/h6-9H,10H2,1-5H3,(H,19,22)/b18-9-. The SMILES string of the molecule is COc1cccc(/C=N\OCC(=O)Nc2c(C)nn(C)c2C)c1OC. The van der Waals surface area contributed by atoms with E-state index in [9.17, 15) is 4.79 Å². The fraction of sp³-hybridized carbons (Fsp3) is 0.353. The van der Waals surface area contributed by atoms with Crippen LogP contribution < -0.4 is 14.8 Å². The van der Waals surface area contributed by atoms with Crippen LogP contribution in [0, 0.1) is 13.8 Å². The summed E-state index contributed by atoms with van der Waals surface area (Å²) in [4.78, 5) is 17.0. The maximum Gasteiger partial charge on any atom is 0.265 e. The van der Waals surface area contributed by atoms with Crippen molar-refractivity contribution >= 4 is 17.8 Å². The number of aromatic nitrogens is 2. The molecule has 1 heterocycles. The highest BCUT2D eigenvalue weighted by Gasteiger charge is 2.12. The van der Waals surface area contributed by atoms with E-state index in [1.54, 1.807) is 31.0 Å². The molecule has 2 rings (SSSR count). The molecule has 1 N–H and O–H groups in total. The first kappa shape index (κ1) is 18.3. The summed E-state index contributed by atoms with van der Waals surface area (Å²) >= 11 is 0. The lowest BCUT2D eigenvalue weighted by molar-refractivity contribution is -0.120. The van der Waals surface area contributed by atoms with Gasteiger partial charge >= 0.3 is 0 Å². The molecule has 8 nitrogen and oxygen atoms in total. The minimum absolute atomic E-state index is 0.212. The Balaban J connectivity index is 1.94. The van der Waals surface area contributed by atoms with Gasteiger partial charge in [0.05, 0.1) is 37.5 Å². The number of nitrogens with one attached hydrogen (secondary N) is 1. The highest BCUT2D eigenvalue weighted by Crippen LogP contribution is 2.29. The Morgan fingerprint density at radius 1 is 1.32 bits per heavy atom. The number of ether oxygens (including phenoxy) is 2. The molecule has 1 aromatic carbocycles. The lowest BCUT2D eigenvalue weighted by atomic mass is 10.2. The van der Waals surface area contributed by atoms with Gasteiger partial charge in [0.1, 0.15) is 0 Å². The molecule has 0 atom stereocenters. The zero-order chi connectivity index (χ0) is 18.4. The number of para-hydroxylation sites is 1. The highest BCUT2D eigenvalue weighted by molar-refractivity contribution is 5.93. The van der Waals surface area contributed by atoms with E-state index in [0.717, 1.165) is 11.4 Å². The quantitative estimate of drug-likeness (QED) is 0.612. The lowest BCUT2D eigenvalue weighted by Gasteiger charge is -2.09. The van der Waals surface area contributed by atoms with Gasteiger partial charge in [-0.1, -0.05) is 11.2 Å². The third-order valence-corrected chi connectivity index (χ3v) is 3.67. The Labute approximate surface area is 146 Å². The maximum atomic E-state index is 12.0. The van der Waals surface area contributed by atoms with Crippen LogP contribution in [-0.2, 0) is 16.7 Å². The Kier molecular flexibility index (Phi) is 5.99. The topological polar surface area (TPSA) is 87.0 Å². The number of hydrogen-bond acceptors (Lipinski definition) is 6. The van der Waals surface area contributed by atoms with Crippen molar-refractivity contribution < 1.29 is 19.1 Å². The molecular formula is C17H22N4O4. The molecule has 0 unspecified atom stereocenters. The molecule has 8 heteroatoms. The van der Waals surface area contributed by atoms with Crippen LogP contribution in [0.25, 0.3) is 0 Å². The molecule has 0 bridgehead atoms. The van der Waals surface area contributed by atoms with Gasteiger partial charge in [0, 0.05) is 12.6 Å². The number of carbonyl (C=O) groups is 1. The molecule has 0 saturated carbocycles. The van der Waals surface area contributed by atoms with Crippen molar-refractivity contribution in [3.63, 3.8) is 0 Å². The van der Waals surface area contributed by atoms with Crippen LogP contribution in [0.5, 0.6) is 11.5 Å². The predicted octanol–water partition coefficient (Wildman–Crippen LogP) is 2.04. The van der Waals surface area contributed by atoms with Gasteiger partial charge in [0.15, 0.2) is 18.1 Å². The zero-order valence-electron chi connectivity index (χ0n) is 15.0. The third kappa shape index (κ3) is 4.28. The third-order valence-electron chi connectivity index (χ3n) is 3.67. The van der Waals surface area contributed by atoms with Gasteiger partial charge in [-0.25, -0.2) is 0 Å². The first-order valence-electron chi connectivity index (χ1n) is 7.64. The number of oxime groups is 1. The molecule has 0 spiro atoms. The predicted molar refractivity (Wildman–Crippen MR) is 94.4 cm³/mol. The number of benzene rings is 1. The van der Waals surface area contributed by atoms with Crippen LogP contribution in [0.1, 0.15) is 17.0 Å². The van der Waals surface area contributed by atoms with E-state index < -0.39 is 0 Å². The second kappa shape index (κ2) is 8.18. The molecular weight excluding hydrogens is 324 g/mol. The minimum Gasteiger partial charge on any atom is -0.493 e. The van der Waals surface area contributed by atoms with Gasteiger partial charge in [-0.05, 0) is 26.0 Å². The van der Waals surface area contributed by atoms with Crippen LogP contribution in [0.15, 0.2) is 23.4 Å². The van der Waals surface area contributed by atoms with E-state index in [1.165, 1.54) is 6.21 Å². The monoisotopic (exact) mass is 346 g/mol. The summed E-state index contributed by atoms with van der Waals surface area (Å²) in [5.74, 6) is 0.823. The summed E-state index contributed by atoms with van der Waals surface area (Å²) in [6.45, 7) is 3.50. The average Bonchev–Trinajstić information content (AvgIpc) is 2.84. The van der Waals surface area contributed by atoms with E-state index in [0.29, 0.717) is 22.7 Å². The number of amides is 1. The smallest absolute Gasteiger partial charge is 0.265 e. The van der Waals surface area contributed by atoms with Gasteiger partial charge < -0.3 is 19.6 Å². The Bertz CT molecular complexity index is 783. The molecule has 0 fully saturated rings. The molecule has 0 saturated heterocycles. The normalized spacial score (nSPS) is 10.8. The summed E-state index contributed by atoms with van der Waals surface area (Å²) in [5.41, 5.74) is 2.99. The van der Waals surface area contributed by atoms with Crippen molar-refractivity contribution in [3.05, 3.63) is 35.2 Å². The van der Waals surface area contributed by atoms with Crippen molar-refractivity contribution in [2.75, 3.05) is 26.1 Å². The fourth-order valence-corrected chi connectivity index (χ4v) is 2.33. The number of aryl methyl sites for hydroxylation is 2. The molecule has 1 aromatic heterocycles. The first-order valence-corrected chi connectivity index (χ1v) is 7.64. The first-order chi connectivity index (χ1) is 12.0. The van der Waals surface area contributed by atoms with E-state index >= 15 is 0 Å².